The smallest absolute Gasteiger partial charge is 0.320 e. The molecule has 0 aromatic heterocycles. The first kappa shape index (κ1) is 23.8. The summed E-state index contributed by atoms with van der Waals surface area (Å²) in [6.45, 7) is 0.964. The Kier molecular flexibility index (Phi) is 14.3. The fourth-order valence-electron chi connectivity index (χ4n) is 2.01. The Labute approximate surface area is 149 Å². The summed E-state index contributed by atoms with van der Waals surface area (Å²) in [5, 5.41) is 39.7. The first-order valence-electron chi connectivity index (χ1n) is 8.23. The highest BCUT2D eigenvalue weighted by atomic mass is 28.3. The van der Waals surface area contributed by atoms with Crippen molar-refractivity contribution in [2.45, 2.75) is 37.5 Å². The van der Waals surface area contributed by atoms with E-state index < -0.39 is 26.9 Å². The third-order valence-electron chi connectivity index (χ3n) is 3.42. The van der Waals surface area contributed by atoms with Crippen LogP contribution in [-0.2, 0) is 9.53 Å². The second-order valence-corrected chi connectivity index (χ2v) is 8.28. The largest absolute Gasteiger partial charge is 0.480 e. The van der Waals surface area contributed by atoms with E-state index in [1.807, 2.05) is 0 Å². The molecule has 9 N–H and O–H groups in total. The SMILES string of the molecule is NC(N)=NCCC[C@H](NCC(O)COCCC[Si](CO)CO)C(=O)O. The molecule has 25 heavy (non-hydrogen) atoms. The van der Waals surface area contributed by atoms with Crippen molar-refractivity contribution in [2.75, 3.05) is 38.8 Å². The highest BCUT2D eigenvalue weighted by molar-refractivity contribution is 6.58. The highest BCUT2D eigenvalue weighted by Crippen LogP contribution is 2.00. The monoisotopic (exact) mass is 379 g/mol. The van der Waals surface area contributed by atoms with Crippen molar-refractivity contribution in [1.82, 2.24) is 5.32 Å². The van der Waals surface area contributed by atoms with E-state index in [2.05, 4.69) is 10.3 Å². The van der Waals surface area contributed by atoms with Gasteiger partial charge in [0.15, 0.2) is 5.96 Å². The average molecular weight is 380 g/mol. The summed E-state index contributed by atoms with van der Waals surface area (Å²) in [7, 11) is -1.10. The maximum absolute atomic E-state index is 11.2. The molecule has 11 heteroatoms. The lowest BCUT2D eigenvalue weighted by Gasteiger charge is -2.17. The first-order chi connectivity index (χ1) is 11.9. The number of aliphatic hydroxyl groups is 3. The fourth-order valence-corrected chi connectivity index (χ4v) is 3.07. The molecular weight excluding hydrogens is 348 g/mol. The maximum atomic E-state index is 11.2. The van der Waals surface area contributed by atoms with Gasteiger partial charge in [-0.05, 0) is 19.3 Å². The van der Waals surface area contributed by atoms with Crippen molar-refractivity contribution in [1.29, 1.82) is 0 Å². The van der Waals surface area contributed by atoms with Crippen LogP contribution in [0.25, 0.3) is 0 Å². The standard InChI is InChI=1S/C14H31N4O6Si/c15-14(16)17-4-1-3-12(13(22)23)18-7-11(21)8-24-5-2-6-25(9-19)10-20/h11-12,18-21H,1-10H2,(H,22,23)(H4,15,16,17)/t11?,12-/m0/s1. The predicted octanol–water partition coefficient (Wildman–Crippen LogP) is -2.59. The zero-order valence-corrected chi connectivity index (χ0v) is 15.4. The molecule has 0 rings (SSSR count). The minimum Gasteiger partial charge on any atom is -0.480 e. The minimum atomic E-state index is -1.10. The van der Waals surface area contributed by atoms with Gasteiger partial charge in [0.05, 0.1) is 12.7 Å². The van der Waals surface area contributed by atoms with E-state index in [0.717, 1.165) is 6.04 Å². The summed E-state index contributed by atoms with van der Waals surface area (Å²) in [6.07, 6.45) is 0.806. The number of carboxylic acid groups (broad SMARTS) is 1. The molecule has 147 valence electrons. The molecule has 0 aliphatic rings. The van der Waals surface area contributed by atoms with Crippen molar-refractivity contribution in [3.8, 4) is 0 Å². The molecule has 2 atom stereocenters. The summed E-state index contributed by atoms with van der Waals surface area (Å²) >= 11 is 0. The fraction of sp³-hybridized carbons (Fsp3) is 0.857. The summed E-state index contributed by atoms with van der Waals surface area (Å²) in [5.41, 5.74) is 10.4. The van der Waals surface area contributed by atoms with Gasteiger partial charge in [-0.25, -0.2) is 0 Å². The van der Waals surface area contributed by atoms with Crippen LogP contribution in [0.15, 0.2) is 4.99 Å². The van der Waals surface area contributed by atoms with Crippen LogP contribution in [0.1, 0.15) is 19.3 Å². The summed E-state index contributed by atoms with van der Waals surface area (Å²) in [6, 6.07) is -0.0498. The van der Waals surface area contributed by atoms with Crippen LogP contribution in [0.3, 0.4) is 0 Å². The zero-order valence-electron chi connectivity index (χ0n) is 14.4. The van der Waals surface area contributed by atoms with E-state index in [-0.39, 0.29) is 31.6 Å². The zero-order chi connectivity index (χ0) is 19.1. The molecule has 0 aromatic rings. The van der Waals surface area contributed by atoms with E-state index in [9.17, 15) is 9.90 Å². The number of aliphatic carboxylic acids is 1. The number of nitrogens with zero attached hydrogens (tertiary/aromatic N) is 1. The number of hydrogen-bond donors (Lipinski definition) is 7. The molecule has 1 radical (unpaired) electrons. The van der Waals surface area contributed by atoms with Crippen LogP contribution in [0, 0.1) is 0 Å². The van der Waals surface area contributed by atoms with E-state index in [4.69, 9.17) is 31.5 Å². The van der Waals surface area contributed by atoms with Crippen LogP contribution in [-0.4, -0.2) is 92.1 Å². The lowest BCUT2D eigenvalue weighted by Crippen LogP contribution is -2.42. The van der Waals surface area contributed by atoms with E-state index in [1.165, 1.54) is 0 Å². The van der Waals surface area contributed by atoms with Crippen molar-refractivity contribution >= 4 is 20.7 Å². The van der Waals surface area contributed by atoms with Crippen LogP contribution in [0.2, 0.25) is 6.04 Å². The molecule has 1 unspecified atom stereocenters. The Bertz CT molecular complexity index is 380. The molecule has 0 saturated carbocycles. The number of ether oxygens (including phenoxy) is 1. The van der Waals surface area contributed by atoms with E-state index in [0.29, 0.717) is 32.4 Å². The molecule has 0 heterocycles. The van der Waals surface area contributed by atoms with Gasteiger partial charge < -0.3 is 41.9 Å². The van der Waals surface area contributed by atoms with Gasteiger partial charge in [0.25, 0.3) is 0 Å². The molecule has 0 aromatic carbocycles. The molecule has 0 aliphatic carbocycles. The van der Waals surface area contributed by atoms with Gasteiger partial charge >= 0.3 is 5.97 Å². The quantitative estimate of drug-likeness (QED) is 0.0654. The number of nitrogens with two attached hydrogens (primary N) is 2. The second kappa shape index (κ2) is 15.0. The number of carboxylic acids is 1. The summed E-state index contributed by atoms with van der Waals surface area (Å²) in [5.74, 6) is -1.03. The minimum absolute atomic E-state index is 0.0290. The lowest BCUT2D eigenvalue weighted by molar-refractivity contribution is -0.139. The Morgan fingerprint density at radius 1 is 1.24 bits per heavy atom. The van der Waals surface area contributed by atoms with Gasteiger partial charge in [-0.1, -0.05) is 6.04 Å². The Morgan fingerprint density at radius 2 is 1.92 bits per heavy atom. The van der Waals surface area contributed by atoms with Crippen LogP contribution < -0.4 is 16.8 Å². The number of aliphatic imine (C=N–C) groups is 1. The lowest BCUT2D eigenvalue weighted by atomic mass is 10.1. The molecule has 0 saturated heterocycles. The number of nitrogens with one attached hydrogen (secondary N) is 1. The van der Waals surface area contributed by atoms with Gasteiger partial charge in [0, 0.05) is 32.2 Å². The average Bonchev–Trinajstić information content (AvgIpc) is 2.56. The van der Waals surface area contributed by atoms with Gasteiger partial charge in [-0.2, -0.15) is 0 Å². The Morgan fingerprint density at radius 3 is 2.48 bits per heavy atom. The van der Waals surface area contributed by atoms with Crippen molar-refractivity contribution < 1.29 is 30.0 Å². The number of aliphatic hydroxyl groups excluding tert-OH is 3. The number of rotatable bonds is 16. The van der Waals surface area contributed by atoms with Crippen LogP contribution in [0.4, 0.5) is 0 Å². The van der Waals surface area contributed by atoms with Crippen molar-refractivity contribution in [2.24, 2.45) is 16.5 Å². The molecule has 10 nitrogen and oxygen atoms in total. The predicted molar refractivity (Wildman–Crippen MR) is 95.5 cm³/mol. The second-order valence-electron chi connectivity index (χ2n) is 5.65. The molecule has 0 aliphatic heterocycles. The van der Waals surface area contributed by atoms with Gasteiger partial charge in [-0.3, -0.25) is 9.79 Å². The van der Waals surface area contributed by atoms with Crippen LogP contribution >= 0.6 is 0 Å². The third kappa shape index (κ3) is 13.7. The van der Waals surface area contributed by atoms with Crippen molar-refractivity contribution in [3.63, 3.8) is 0 Å². The molecule has 0 fully saturated rings. The van der Waals surface area contributed by atoms with Gasteiger partial charge in [0.2, 0.25) is 0 Å². The van der Waals surface area contributed by atoms with E-state index >= 15 is 0 Å². The number of guanidine groups is 1. The molecule has 0 spiro atoms. The molecular formula is C14H31N4O6Si. The molecule has 0 amide bonds. The van der Waals surface area contributed by atoms with Crippen molar-refractivity contribution in [3.05, 3.63) is 0 Å². The summed E-state index contributed by atoms with van der Waals surface area (Å²) in [4.78, 5) is 14.9. The Hall–Kier alpha value is -1.24. The summed E-state index contributed by atoms with van der Waals surface area (Å²) < 4.78 is 5.32. The van der Waals surface area contributed by atoms with Crippen LogP contribution in [0.5, 0.6) is 0 Å². The van der Waals surface area contributed by atoms with Gasteiger partial charge in [-0.15, -0.1) is 0 Å². The van der Waals surface area contributed by atoms with E-state index in [1.54, 1.807) is 0 Å². The maximum Gasteiger partial charge on any atom is 0.320 e. The normalized spacial score (nSPS) is 13.6. The third-order valence-corrected chi connectivity index (χ3v) is 5.37. The molecule has 0 bridgehead atoms. The first-order valence-corrected chi connectivity index (χ1v) is 10.4. The topological polar surface area (TPSA) is 184 Å². The highest BCUT2D eigenvalue weighted by Gasteiger charge is 2.17. The number of hydrogen-bond acceptors (Lipinski definition) is 7. The number of carbonyl (C=O) groups is 1. The Balaban J connectivity index is 3.85. The van der Waals surface area contributed by atoms with Gasteiger partial charge in [0.1, 0.15) is 14.8 Å².